The smallest absolute Gasteiger partial charge is 0.195 e. The van der Waals surface area contributed by atoms with Gasteiger partial charge in [-0.3, -0.25) is 9.59 Å². The Morgan fingerprint density at radius 3 is 1.14 bits per heavy atom. The van der Waals surface area contributed by atoms with Gasteiger partial charge in [0.25, 0.3) is 0 Å². The van der Waals surface area contributed by atoms with Gasteiger partial charge in [0.1, 0.15) is 0 Å². The summed E-state index contributed by atoms with van der Waals surface area (Å²) >= 11 is 0. The standard InChI is InChI=1S/C4H6O2.K/c1-3(5)4(2)6;/h1-2H3;. The Kier molecular flexibility index (Phi) is 7.95. The third-order valence-electron chi connectivity index (χ3n) is 0.496. The molecule has 35 valence electrons. The van der Waals surface area contributed by atoms with Crippen LogP contribution < -0.4 is 0 Å². The molecule has 0 aliphatic heterocycles. The molecule has 0 saturated carbocycles. The number of rotatable bonds is 1. The number of hydrogen-bond donors (Lipinski definition) is 0. The van der Waals surface area contributed by atoms with Crippen molar-refractivity contribution in [3.8, 4) is 0 Å². The van der Waals surface area contributed by atoms with E-state index in [9.17, 15) is 9.59 Å². The van der Waals surface area contributed by atoms with Gasteiger partial charge in [-0.2, -0.15) is 0 Å². The van der Waals surface area contributed by atoms with Crippen LogP contribution in [0.5, 0.6) is 0 Å². The second-order valence-electron chi connectivity index (χ2n) is 1.11. The Hall–Kier alpha value is 0.976. The molecule has 0 amide bonds. The third-order valence-corrected chi connectivity index (χ3v) is 0.496. The SMILES string of the molecule is CC(=O)C(C)=O.[K]. The van der Waals surface area contributed by atoms with Crippen molar-refractivity contribution >= 4 is 63.0 Å². The van der Waals surface area contributed by atoms with Crippen LogP contribution in [0.15, 0.2) is 0 Å². The van der Waals surface area contributed by atoms with Gasteiger partial charge in [0.15, 0.2) is 11.6 Å². The Labute approximate surface area is 85.1 Å². The first kappa shape index (κ1) is 10.9. The van der Waals surface area contributed by atoms with Crippen molar-refractivity contribution in [1.82, 2.24) is 0 Å². The molecule has 0 saturated heterocycles. The van der Waals surface area contributed by atoms with Crippen LogP contribution in [-0.4, -0.2) is 63.0 Å². The molecule has 0 aromatic heterocycles. The molecule has 3 heteroatoms. The van der Waals surface area contributed by atoms with E-state index in [1.54, 1.807) is 0 Å². The number of ketones is 2. The molecule has 0 rings (SSSR count). The minimum absolute atomic E-state index is 0. The summed E-state index contributed by atoms with van der Waals surface area (Å²) in [5.41, 5.74) is 0. The van der Waals surface area contributed by atoms with Gasteiger partial charge in [-0.1, -0.05) is 0 Å². The summed E-state index contributed by atoms with van der Waals surface area (Å²) in [6, 6.07) is 0. The number of Topliss-reactive ketones (excluding diaryl/α,β-unsaturated/α-hetero) is 2. The van der Waals surface area contributed by atoms with Crippen LogP contribution in [0.3, 0.4) is 0 Å². The van der Waals surface area contributed by atoms with Gasteiger partial charge in [0.2, 0.25) is 0 Å². The van der Waals surface area contributed by atoms with Crippen molar-refractivity contribution in [3.05, 3.63) is 0 Å². The Morgan fingerprint density at radius 2 is 1.14 bits per heavy atom. The minimum Gasteiger partial charge on any atom is -0.291 e. The first-order valence-corrected chi connectivity index (χ1v) is 1.66. The van der Waals surface area contributed by atoms with Crippen LogP contribution in [0.1, 0.15) is 13.8 Å². The van der Waals surface area contributed by atoms with Crippen molar-refractivity contribution < 1.29 is 9.59 Å². The van der Waals surface area contributed by atoms with Crippen LogP contribution in [-0.2, 0) is 9.59 Å². The maximum atomic E-state index is 9.79. The number of hydrogen-bond acceptors (Lipinski definition) is 2. The molecule has 0 bridgehead atoms. The molecule has 0 fully saturated rings. The Morgan fingerprint density at radius 1 is 1.00 bits per heavy atom. The summed E-state index contributed by atoms with van der Waals surface area (Å²) in [5, 5.41) is 0. The van der Waals surface area contributed by atoms with Gasteiger partial charge < -0.3 is 0 Å². The molecule has 0 aliphatic rings. The van der Waals surface area contributed by atoms with Crippen molar-refractivity contribution in [3.63, 3.8) is 0 Å². The maximum absolute atomic E-state index is 9.79. The van der Waals surface area contributed by atoms with E-state index in [1.165, 1.54) is 13.8 Å². The zero-order valence-corrected chi connectivity index (χ0v) is 7.94. The van der Waals surface area contributed by atoms with Crippen molar-refractivity contribution in [2.75, 3.05) is 0 Å². The average molecular weight is 125 g/mol. The zero-order chi connectivity index (χ0) is 5.15. The molecule has 0 aliphatic carbocycles. The first-order chi connectivity index (χ1) is 2.64. The molecule has 0 unspecified atom stereocenters. The number of carbonyl (C=O) groups is 2. The fourth-order valence-corrected chi connectivity index (χ4v) is 0. The average Bonchev–Trinajstić information content (AvgIpc) is 1.36. The van der Waals surface area contributed by atoms with Gasteiger partial charge in [-0.15, -0.1) is 0 Å². The van der Waals surface area contributed by atoms with E-state index in [4.69, 9.17) is 0 Å². The Balaban J connectivity index is 0. The van der Waals surface area contributed by atoms with E-state index in [2.05, 4.69) is 0 Å². The van der Waals surface area contributed by atoms with Crippen LogP contribution >= 0.6 is 0 Å². The fourth-order valence-electron chi connectivity index (χ4n) is 0. The molecular formula is C4H6KO2. The van der Waals surface area contributed by atoms with Gasteiger partial charge in [0.05, 0.1) is 0 Å². The molecule has 0 aromatic rings. The van der Waals surface area contributed by atoms with E-state index >= 15 is 0 Å². The second kappa shape index (κ2) is 5.12. The van der Waals surface area contributed by atoms with Crippen LogP contribution in [0.25, 0.3) is 0 Å². The van der Waals surface area contributed by atoms with Gasteiger partial charge in [-0.05, 0) is 0 Å². The fraction of sp³-hybridized carbons (Fsp3) is 0.500. The first-order valence-electron chi connectivity index (χ1n) is 1.66. The molecule has 0 atom stereocenters. The maximum Gasteiger partial charge on any atom is 0.195 e. The topological polar surface area (TPSA) is 34.1 Å². The predicted molar refractivity (Wildman–Crippen MR) is 27.1 cm³/mol. The van der Waals surface area contributed by atoms with Crippen LogP contribution in [0.2, 0.25) is 0 Å². The van der Waals surface area contributed by atoms with Gasteiger partial charge >= 0.3 is 0 Å². The summed E-state index contributed by atoms with van der Waals surface area (Å²) in [7, 11) is 0. The Bertz CT molecular complexity index is 75.7. The van der Waals surface area contributed by atoms with E-state index in [1.807, 2.05) is 0 Å². The summed E-state index contributed by atoms with van der Waals surface area (Å²) in [5.74, 6) is -0.759. The normalized spacial score (nSPS) is 6.57. The molecule has 2 nitrogen and oxygen atoms in total. The van der Waals surface area contributed by atoms with Crippen LogP contribution in [0, 0.1) is 0 Å². The van der Waals surface area contributed by atoms with Gasteiger partial charge in [0, 0.05) is 65.2 Å². The molecule has 0 aromatic carbocycles. The van der Waals surface area contributed by atoms with Crippen molar-refractivity contribution in [2.24, 2.45) is 0 Å². The number of carbonyl (C=O) groups excluding carboxylic acids is 2. The summed E-state index contributed by atoms with van der Waals surface area (Å²) in [6.07, 6.45) is 0. The van der Waals surface area contributed by atoms with E-state index in [-0.39, 0.29) is 63.0 Å². The summed E-state index contributed by atoms with van der Waals surface area (Å²) in [6.45, 7) is 2.50. The largest absolute Gasteiger partial charge is 0.291 e. The molecule has 1 radical (unpaired) electrons. The minimum atomic E-state index is -0.380. The monoisotopic (exact) mass is 125 g/mol. The van der Waals surface area contributed by atoms with Crippen molar-refractivity contribution in [2.45, 2.75) is 13.8 Å². The third kappa shape index (κ3) is 6.98. The van der Waals surface area contributed by atoms with Gasteiger partial charge in [-0.25, -0.2) is 0 Å². The molecule has 0 heterocycles. The molecule has 0 N–H and O–H groups in total. The summed E-state index contributed by atoms with van der Waals surface area (Å²) < 4.78 is 0. The van der Waals surface area contributed by atoms with Crippen LogP contribution in [0.4, 0.5) is 0 Å². The second-order valence-corrected chi connectivity index (χ2v) is 1.11. The molecule has 0 spiro atoms. The zero-order valence-electron chi connectivity index (χ0n) is 4.82. The molecular weight excluding hydrogens is 119 g/mol. The molecule has 7 heavy (non-hydrogen) atoms. The predicted octanol–water partition coefficient (Wildman–Crippen LogP) is -0.216. The van der Waals surface area contributed by atoms with E-state index in [0.717, 1.165) is 0 Å². The summed E-state index contributed by atoms with van der Waals surface area (Å²) in [4.78, 5) is 19.6. The van der Waals surface area contributed by atoms with Crippen molar-refractivity contribution in [1.29, 1.82) is 0 Å². The van der Waals surface area contributed by atoms with E-state index < -0.39 is 0 Å². The van der Waals surface area contributed by atoms with E-state index in [0.29, 0.717) is 0 Å². The quantitative estimate of drug-likeness (QED) is 0.359.